The average Bonchev–Trinajstić information content (AvgIpc) is 2.82. The molecule has 0 aliphatic heterocycles. The van der Waals surface area contributed by atoms with E-state index in [2.05, 4.69) is 17.2 Å². The first-order valence-electron chi connectivity index (χ1n) is 5.57. The van der Waals surface area contributed by atoms with Gasteiger partial charge in [-0.25, -0.2) is 4.98 Å². The van der Waals surface area contributed by atoms with Crippen LogP contribution >= 0.6 is 0 Å². The van der Waals surface area contributed by atoms with E-state index in [1.54, 1.807) is 19.6 Å². The summed E-state index contributed by atoms with van der Waals surface area (Å²) >= 11 is 0. The number of nitrogens with zero attached hydrogens (tertiary/aromatic N) is 1. The zero-order valence-corrected chi connectivity index (χ0v) is 10.0. The van der Waals surface area contributed by atoms with Crippen LogP contribution < -0.4 is 10.1 Å². The van der Waals surface area contributed by atoms with Gasteiger partial charge in [0.1, 0.15) is 17.3 Å². The van der Waals surface area contributed by atoms with E-state index in [1.165, 1.54) is 0 Å². The predicted octanol–water partition coefficient (Wildman–Crippen LogP) is 2.73. The van der Waals surface area contributed by atoms with E-state index in [0.717, 1.165) is 23.7 Å². The number of hydrogen-bond donors (Lipinski definition) is 1. The lowest BCUT2D eigenvalue weighted by atomic mass is 10.2. The topological polar surface area (TPSA) is 47.3 Å². The monoisotopic (exact) mass is 232 g/mol. The van der Waals surface area contributed by atoms with Gasteiger partial charge < -0.3 is 14.5 Å². The molecule has 0 amide bonds. The Morgan fingerprint density at radius 2 is 2.29 bits per heavy atom. The van der Waals surface area contributed by atoms with Crippen LogP contribution in [0.4, 0.5) is 5.82 Å². The quantitative estimate of drug-likeness (QED) is 0.861. The number of nitrogens with one attached hydrogen (secondary N) is 1. The summed E-state index contributed by atoms with van der Waals surface area (Å²) in [6.45, 7) is 2.09. The van der Waals surface area contributed by atoms with Crippen molar-refractivity contribution in [3.8, 4) is 5.75 Å². The van der Waals surface area contributed by atoms with Crippen LogP contribution in [0, 0.1) is 0 Å². The van der Waals surface area contributed by atoms with Crippen molar-refractivity contribution >= 4 is 5.82 Å². The van der Waals surface area contributed by atoms with Gasteiger partial charge in [0.25, 0.3) is 0 Å². The molecule has 0 aliphatic carbocycles. The Bertz CT molecular complexity index is 437. The number of furan rings is 1. The second kappa shape index (κ2) is 5.39. The fraction of sp³-hybridized carbons (Fsp3) is 0.308. The Labute approximate surface area is 101 Å². The molecule has 0 fully saturated rings. The van der Waals surface area contributed by atoms with Crippen molar-refractivity contribution in [2.24, 2.45) is 0 Å². The molecular weight excluding hydrogens is 216 g/mol. The molecule has 2 heterocycles. The third kappa shape index (κ3) is 3.24. The maximum Gasteiger partial charge on any atom is 0.137 e. The minimum atomic E-state index is 0.266. The fourth-order valence-corrected chi connectivity index (χ4v) is 1.62. The van der Waals surface area contributed by atoms with Gasteiger partial charge in [0, 0.05) is 12.5 Å². The van der Waals surface area contributed by atoms with Gasteiger partial charge in [-0.15, -0.1) is 0 Å². The highest BCUT2D eigenvalue weighted by molar-refractivity contribution is 5.38. The van der Waals surface area contributed by atoms with E-state index in [9.17, 15) is 0 Å². The van der Waals surface area contributed by atoms with Gasteiger partial charge in [-0.05, 0) is 31.2 Å². The molecule has 4 heteroatoms. The molecule has 0 saturated carbocycles. The molecule has 0 spiro atoms. The predicted molar refractivity (Wildman–Crippen MR) is 66.3 cm³/mol. The number of hydrogen-bond acceptors (Lipinski definition) is 4. The fourth-order valence-electron chi connectivity index (χ4n) is 1.62. The molecule has 2 rings (SSSR count). The van der Waals surface area contributed by atoms with Crippen LogP contribution in [0.3, 0.4) is 0 Å². The first-order valence-corrected chi connectivity index (χ1v) is 5.57. The SMILES string of the molecule is COc1ccc(NC(C)Cc2ccco2)nc1. The van der Waals surface area contributed by atoms with Gasteiger partial charge in [0.05, 0.1) is 19.6 Å². The number of pyridine rings is 1. The van der Waals surface area contributed by atoms with Crippen molar-refractivity contribution in [1.82, 2.24) is 4.98 Å². The molecule has 17 heavy (non-hydrogen) atoms. The van der Waals surface area contributed by atoms with Crippen LogP contribution in [-0.4, -0.2) is 18.1 Å². The van der Waals surface area contributed by atoms with Crippen LogP contribution in [-0.2, 0) is 6.42 Å². The average molecular weight is 232 g/mol. The molecule has 0 saturated heterocycles. The molecule has 0 radical (unpaired) electrons. The Kier molecular flexibility index (Phi) is 3.65. The second-order valence-corrected chi connectivity index (χ2v) is 3.91. The van der Waals surface area contributed by atoms with E-state index in [0.29, 0.717) is 0 Å². The zero-order chi connectivity index (χ0) is 12.1. The molecule has 0 bridgehead atoms. The first-order chi connectivity index (χ1) is 8.28. The Balaban J connectivity index is 1.91. The van der Waals surface area contributed by atoms with Crippen LogP contribution in [0.2, 0.25) is 0 Å². The number of aromatic nitrogens is 1. The van der Waals surface area contributed by atoms with Gasteiger partial charge in [-0.3, -0.25) is 0 Å². The van der Waals surface area contributed by atoms with Gasteiger partial charge in [0.15, 0.2) is 0 Å². The number of rotatable bonds is 5. The maximum atomic E-state index is 5.30. The molecule has 0 aromatic carbocycles. The van der Waals surface area contributed by atoms with Crippen LogP contribution in [0.15, 0.2) is 41.1 Å². The minimum Gasteiger partial charge on any atom is -0.495 e. The normalized spacial score (nSPS) is 12.1. The van der Waals surface area contributed by atoms with Crippen molar-refractivity contribution < 1.29 is 9.15 Å². The standard InChI is InChI=1S/C13H16N2O2/c1-10(8-11-4-3-7-17-11)15-13-6-5-12(16-2)9-14-13/h3-7,9-10H,8H2,1-2H3,(H,14,15). The molecule has 4 nitrogen and oxygen atoms in total. The summed E-state index contributed by atoms with van der Waals surface area (Å²) in [5.74, 6) is 2.57. The highest BCUT2D eigenvalue weighted by atomic mass is 16.5. The van der Waals surface area contributed by atoms with Crippen molar-refractivity contribution in [2.75, 3.05) is 12.4 Å². The van der Waals surface area contributed by atoms with Crippen LogP contribution in [0.1, 0.15) is 12.7 Å². The number of anilines is 1. The van der Waals surface area contributed by atoms with E-state index in [1.807, 2.05) is 24.3 Å². The molecule has 2 aromatic rings. The zero-order valence-electron chi connectivity index (χ0n) is 10.0. The van der Waals surface area contributed by atoms with E-state index in [-0.39, 0.29) is 6.04 Å². The summed E-state index contributed by atoms with van der Waals surface area (Å²) in [5.41, 5.74) is 0. The summed E-state index contributed by atoms with van der Waals surface area (Å²) in [7, 11) is 1.63. The summed E-state index contributed by atoms with van der Waals surface area (Å²) in [4.78, 5) is 4.25. The third-order valence-corrected chi connectivity index (χ3v) is 2.45. The van der Waals surface area contributed by atoms with Crippen LogP contribution in [0.5, 0.6) is 5.75 Å². The van der Waals surface area contributed by atoms with E-state index >= 15 is 0 Å². The first kappa shape index (κ1) is 11.5. The number of ether oxygens (including phenoxy) is 1. The lowest BCUT2D eigenvalue weighted by Gasteiger charge is -2.13. The van der Waals surface area contributed by atoms with Gasteiger partial charge in [-0.1, -0.05) is 0 Å². The van der Waals surface area contributed by atoms with Crippen molar-refractivity contribution in [2.45, 2.75) is 19.4 Å². The highest BCUT2D eigenvalue weighted by Crippen LogP contribution is 2.13. The summed E-state index contributed by atoms with van der Waals surface area (Å²) in [5, 5.41) is 3.30. The maximum absolute atomic E-state index is 5.30. The van der Waals surface area contributed by atoms with Gasteiger partial charge in [-0.2, -0.15) is 0 Å². The Morgan fingerprint density at radius 1 is 1.41 bits per heavy atom. The van der Waals surface area contributed by atoms with Crippen molar-refractivity contribution in [1.29, 1.82) is 0 Å². The second-order valence-electron chi connectivity index (χ2n) is 3.91. The Morgan fingerprint density at radius 3 is 2.88 bits per heavy atom. The molecule has 1 unspecified atom stereocenters. The van der Waals surface area contributed by atoms with E-state index in [4.69, 9.17) is 9.15 Å². The lowest BCUT2D eigenvalue weighted by Crippen LogP contribution is -2.18. The molecule has 2 aromatic heterocycles. The van der Waals surface area contributed by atoms with E-state index < -0.39 is 0 Å². The molecular formula is C13H16N2O2. The van der Waals surface area contributed by atoms with Crippen LogP contribution in [0.25, 0.3) is 0 Å². The summed E-state index contributed by atoms with van der Waals surface area (Å²) in [6.07, 6.45) is 4.22. The van der Waals surface area contributed by atoms with Crippen molar-refractivity contribution in [3.05, 3.63) is 42.5 Å². The van der Waals surface area contributed by atoms with Gasteiger partial charge >= 0.3 is 0 Å². The summed E-state index contributed by atoms with van der Waals surface area (Å²) in [6, 6.07) is 7.92. The number of methoxy groups -OCH3 is 1. The van der Waals surface area contributed by atoms with Gasteiger partial charge in [0.2, 0.25) is 0 Å². The molecule has 1 N–H and O–H groups in total. The molecule has 0 aliphatic rings. The molecule has 1 atom stereocenters. The largest absolute Gasteiger partial charge is 0.495 e. The highest BCUT2D eigenvalue weighted by Gasteiger charge is 2.06. The smallest absolute Gasteiger partial charge is 0.137 e. The van der Waals surface area contributed by atoms with Crippen molar-refractivity contribution in [3.63, 3.8) is 0 Å². The third-order valence-electron chi connectivity index (χ3n) is 2.45. The summed E-state index contributed by atoms with van der Waals surface area (Å²) < 4.78 is 10.4. The molecule has 90 valence electrons. The Hall–Kier alpha value is -1.97. The lowest BCUT2D eigenvalue weighted by molar-refractivity contribution is 0.413. The minimum absolute atomic E-state index is 0.266.